The zero-order chi connectivity index (χ0) is 13.5. The van der Waals surface area contributed by atoms with Crippen LogP contribution in [-0.2, 0) is 6.54 Å². The third-order valence-corrected chi connectivity index (χ3v) is 3.29. The summed E-state index contributed by atoms with van der Waals surface area (Å²) in [5.74, 6) is 0. The molecule has 1 N–H and O–H groups in total. The van der Waals surface area contributed by atoms with Crippen LogP contribution >= 0.6 is 0 Å². The van der Waals surface area contributed by atoms with Crippen molar-refractivity contribution in [3.05, 3.63) is 54.4 Å². The van der Waals surface area contributed by atoms with Gasteiger partial charge in [0.15, 0.2) is 0 Å². The summed E-state index contributed by atoms with van der Waals surface area (Å²) >= 11 is 0. The molecule has 2 unspecified atom stereocenters. The molecule has 2 rings (SSSR count). The maximum Gasteiger partial charge on any atom is 0.0560 e. The molecule has 3 nitrogen and oxygen atoms in total. The largest absolute Gasteiger partial charge is 0.306 e. The van der Waals surface area contributed by atoms with Crippen molar-refractivity contribution in [2.45, 2.75) is 45.3 Å². The first-order valence-corrected chi connectivity index (χ1v) is 7.08. The summed E-state index contributed by atoms with van der Waals surface area (Å²) in [6.07, 6.45) is 6.18. The Hall–Kier alpha value is -1.61. The van der Waals surface area contributed by atoms with E-state index in [1.165, 1.54) is 12.0 Å². The van der Waals surface area contributed by atoms with Crippen LogP contribution in [0.15, 0.2) is 48.8 Å². The van der Waals surface area contributed by atoms with Crippen LogP contribution in [0.4, 0.5) is 0 Å². The molecule has 3 heteroatoms. The van der Waals surface area contributed by atoms with Crippen molar-refractivity contribution in [2.75, 3.05) is 0 Å². The second kappa shape index (κ2) is 7.10. The molecule has 0 amide bonds. The van der Waals surface area contributed by atoms with Crippen molar-refractivity contribution < 1.29 is 0 Å². The molecular formula is C16H23N3. The summed E-state index contributed by atoms with van der Waals surface area (Å²) in [5.41, 5.74) is 1.37. The third-order valence-electron chi connectivity index (χ3n) is 3.29. The average Bonchev–Trinajstić information content (AvgIpc) is 2.92. The quantitative estimate of drug-likeness (QED) is 0.824. The van der Waals surface area contributed by atoms with Crippen LogP contribution in [0, 0.1) is 0 Å². The zero-order valence-corrected chi connectivity index (χ0v) is 11.8. The van der Waals surface area contributed by atoms with Gasteiger partial charge in [-0.2, -0.15) is 5.10 Å². The third kappa shape index (κ3) is 4.21. The summed E-state index contributed by atoms with van der Waals surface area (Å²) in [4.78, 5) is 0. The summed E-state index contributed by atoms with van der Waals surface area (Å²) in [7, 11) is 0. The molecule has 0 aliphatic rings. The van der Waals surface area contributed by atoms with Gasteiger partial charge in [-0.1, -0.05) is 43.7 Å². The van der Waals surface area contributed by atoms with E-state index >= 15 is 0 Å². The van der Waals surface area contributed by atoms with Gasteiger partial charge in [0.1, 0.15) is 0 Å². The van der Waals surface area contributed by atoms with Gasteiger partial charge in [-0.15, -0.1) is 0 Å². The first-order chi connectivity index (χ1) is 9.29. The fourth-order valence-electron chi connectivity index (χ4n) is 2.41. The lowest BCUT2D eigenvalue weighted by atomic mass is 10.0. The molecule has 0 aliphatic heterocycles. The smallest absolute Gasteiger partial charge is 0.0560 e. The molecule has 2 atom stereocenters. The Morgan fingerprint density at radius 1 is 1.21 bits per heavy atom. The number of hydrogen-bond acceptors (Lipinski definition) is 2. The molecule has 2 aromatic rings. The lowest BCUT2D eigenvalue weighted by Crippen LogP contribution is -2.34. The van der Waals surface area contributed by atoms with Gasteiger partial charge in [0.25, 0.3) is 0 Å². The predicted octanol–water partition coefficient (Wildman–Crippen LogP) is 3.40. The van der Waals surface area contributed by atoms with Crippen molar-refractivity contribution in [2.24, 2.45) is 0 Å². The van der Waals surface area contributed by atoms with E-state index < -0.39 is 0 Å². The van der Waals surface area contributed by atoms with Crippen molar-refractivity contribution in [1.29, 1.82) is 0 Å². The van der Waals surface area contributed by atoms with E-state index in [0.29, 0.717) is 12.1 Å². The summed E-state index contributed by atoms with van der Waals surface area (Å²) in [6.45, 7) is 5.35. The van der Waals surface area contributed by atoms with Gasteiger partial charge in [0, 0.05) is 24.5 Å². The number of rotatable bonds is 7. The maximum atomic E-state index is 4.26. The van der Waals surface area contributed by atoms with E-state index in [1.807, 2.05) is 23.1 Å². The Morgan fingerprint density at radius 2 is 2.00 bits per heavy atom. The van der Waals surface area contributed by atoms with Gasteiger partial charge in [0.2, 0.25) is 0 Å². The van der Waals surface area contributed by atoms with Crippen LogP contribution in [0.2, 0.25) is 0 Å². The Labute approximate surface area is 115 Å². The monoisotopic (exact) mass is 257 g/mol. The highest BCUT2D eigenvalue weighted by Gasteiger charge is 2.13. The summed E-state index contributed by atoms with van der Waals surface area (Å²) in [5, 5.41) is 7.97. The van der Waals surface area contributed by atoms with Crippen LogP contribution in [0.3, 0.4) is 0 Å². The van der Waals surface area contributed by atoms with E-state index in [0.717, 1.165) is 13.0 Å². The van der Waals surface area contributed by atoms with E-state index in [2.05, 4.69) is 54.6 Å². The Morgan fingerprint density at radius 3 is 2.63 bits per heavy atom. The number of benzene rings is 1. The number of nitrogens with zero attached hydrogens (tertiary/aromatic N) is 2. The first-order valence-electron chi connectivity index (χ1n) is 7.08. The average molecular weight is 257 g/mol. The number of hydrogen-bond donors (Lipinski definition) is 1. The van der Waals surface area contributed by atoms with E-state index in [1.54, 1.807) is 0 Å². The highest BCUT2D eigenvalue weighted by atomic mass is 15.3. The van der Waals surface area contributed by atoms with Crippen molar-refractivity contribution in [1.82, 2.24) is 15.1 Å². The molecule has 1 aromatic heterocycles. The van der Waals surface area contributed by atoms with Crippen molar-refractivity contribution in [3.63, 3.8) is 0 Å². The minimum atomic E-state index is 0.400. The predicted molar refractivity (Wildman–Crippen MR) is 78.9 cm³/mol. The summed E-state index contributed by atoms with van der Waals surface area (Å²) < 4.78 is 1.98. The maximum absolute atomic E-state index is 4.26. The topological polar surface area (TPSA) is 29.9 Å². The second-order valence-electron chi connectivity index (χ2n) is 5.05. The van der Waals surface area contributed by atoms with Crippen LogP contribution in [-0.4, -0.2) is 15.8 Å². The number of nitrogens with one attached hydrogen (secondary N) is 1. The van der Waals surface area contributed by atoms with Gasteiger partial charge in [-0.3, -0.25) is 4.68 Å². The Bertz CT molecular complexity index is 450. The first kappa shape index (κ1) is 13.8. The van der Waals surface area contributed by atoms with E-state index in [-0.39, 0.29) is 0 Å². The molecule has 0 spiro atoms. The summed E-state index contributed by atoms with van der Waals surface area (Å²) in [6, 6.07) is 13.5. The van der Waals surface area contributed by atoms with Crippen LogP contribution < -0.4 is 5.32 Å². The minimum Gasteiger partial charge on any atom is -0.306 e. The van der Waals surface area contributed by atoms with Crippen molar-refractivity contribution in [3.8, 4) is 0 Å². The molecule has 102 valence electrons. The second-order valence-corrected chi connectivity index (χ2v) is 5.05. The Kier molecular flexibility index (Phi) is 5.16. The van der Waals surface area contributed by atoms with Gasteiger partial charge in [0.05, 0.1) is 6.54 Å². The standard InChI is InChI=1S/C16H23N3/c1-3-8-16(15-9-5-4-6-10-15)18-14(2)13-19-12-7-11-17-19/h4-7,9-12,14,16,18H,3,8,13H2,1-2H3. The molecule has 0 saturated carbocycles. The van der Waals surface area contributed by atoms with Gasteiger partial charge in [-0.25, -0.2) is 0 Å². The molecule has 19 heavy (non-hydrogen) atoms. The van der Waals surface area contributed by atoms with E-state index in [9.17, 15) is 0 Å². The molecule has 0 bridgehead atoms. The van der Waals surface area contributed by atoms with Crippen LogP contribution in [0.1, 0.15) is 38.3 Å². The Balaban J connectivity index is 1.96. The zero-order valence-electron chi connectivity index (χ0n) is 11.8. The molecular weight excluding hydrogens is 234 g/mol. The number of aromatic nitrogens is 2. The van der Waals surface area contributed by atoms with Crippen molar-refractivity contribution >= 4 is 0 Å². The molecule has 0 aliphatic carbocycles. The molecule has 0 radical (unpaired) electrons. The fourth-order valence-corrected chi connectivity index (χ4v) is 2.41. The molecule has 1 heterocycles. The highest BCUT2D eigenvalue weighted by molar-refractivity contribution is 5.18. The molecule has 0 saturated heterocycles. The lowest BCUT2D eigenvalue weighted by molar-refractivity contribution is 0.384. The van der Waals surface area contributed by atoms with Gasteiger partial charge < -0.3 is 5.32 Å². The fraction of sp³-hybridized carbons (Fsp3) is 0.438. The SMILES string of the molecule is CCCC(NC(C)Cn1cccn1)c1ccccc1. The molecule has 1 aromatic carbocycles. The normalized spacial score (nSPS) is 14.2. The van der Waals surface area contributed by atoms with E-state index in [4.69, 9.17) is 0 Å². The lowest BCUT2D eigenvalue weighted by Gasteiger charge is -2.23. The molecule has 0 fully saturated rings. The highest BCUT2D eigenvalue weighted by Crippen LogP contribution is 2.18. The van der Waals surface area contributed by atoms with Gasteiger partial charge in [-0.05, 0) is 25.0 Å². The van der Waals surface area contributed by atoms with Gasteiger partial charge >= 0.3 is 0 Å². The van der Waals surface area contributed by atoms with Crippen LogP contribution in [0.25, 0.3) is 0 Å². The minimum absolute atomic E-state index is 0.400. The van der Waals surface area contributed by atoms with Crippen LogP contribution in [0.5, 0.6) is 0 Å².